The molecule has 7 nitrogen and oxygen atoms in total. The lowest BCUT2D eigenvalue weighted by molar-refractivity contribution is 0.153. The first kappa shape index (κ1) is 16.1. The lowest BCUT2D eigenvalue weighted by atomic mass is 10.2. The molecule has 0 aromatic carbocycles. The highest BCUT2D eigenvalue weighted by Crippen LogP contribution is 2.15. The Morgan fingerprint density at radius 1 is 1.37 bits per heavy atom. The van der Waals surface area contributed by atoms with Gasteiger partial charge in [0.2, 0.25) is 0 Å². The Hall–Kier alpha value is -0.960. The lowest BCUT2D eigenvalue weighted by Gasteiger charge is -2.07. The molecule has 0 spiro atoms. The number of rotatable bonds is 9. The highest BCUT2D eigenvalue weighted by Gasteiger charge is 2.22. The van der Waals surface area contributed by atoms with Gasteiger partial charge >= 0.3 is 0 Å². The van der Waals surface area contributed by atoms with E-state index in [9.17, 15) is 8.42 Å². The van der Waals surface area contributed by atoms with Crippen LogP contribution in [0.4, 0.5) is 0 Å². The largest absolute Gasteiger partial charge is 0.380 e. The Morgan fingerprint density at radius 2 is 2.11 bits per heavy atom. The average Bonchev–Trinajstić information content (AvgIpc) is 2.74. The molecule has 0 amide bonds. The van der Waals surface area contributed by atoms with Crippen molar-refractivity contribution in [2.75, 3.05) is 26.3 Å². The molecule has 1 aromatic heterocycles. The summed E-state index contributed by atoms with van der Waals surface area (Å²) in [6.07, 6.45) is 0. The fourth-order valence-electron chi connectivity index (χ4n) is 1.57. The first-order valence-corrected chi connectivity index (χ1v) is 7.83. The number of H-pyrrole nitrogens is 1. The summed E-state index contributed by atoms with van der Waals surface area (Å²) in [5.74, 6) is 0. The van der Waals surface area contributed by atoms with Crippen LogP contribution in [-0.4, -0.2) is 44.9 Å². The van der Waals surface area contributed by atoms with Crippen LogP contribution < -0.4 is 10.0 Å². The quantitative estimate of drug-likeness (QED) is 0.562. The Balaban J connectivity index is 2.77. The van der Waals surface area contributed by atoms with E-state index in [1.165, 1.54) is 0 Å². The van der Waals surface area contributed by atoms with Crippen LogP contribution in [0.3, 0.4) is 0 Å². The van der Waals surface area contributed by atoms with Gasteiger partial charge in [0.15, 0.2) is 5.03 Å². The molecule has 0 aliphatic carbocycles. The minimum Gasteiger partial charge on any atom is -0.380 e. The molecule has 0 radical (unpaired) electrons. The van der Waals surface area contributed by atoms with Crippen molar-refractivity contribution in [2.45, 2.75) is 32.3 Å². The molecule has 1 rings (SSSR count). The maximum atomic E-state index is 12.1. The topological polar surface area (TPSA) is 96.1 Å². The molecule has 0 unspecified atom stereocenters. The van der Waals surface area contributed by atoms with Crippen molar-refractivity contribution in [1.29, 1.82) is 0 Å². The van der Waals surface area contributed by atoms with Gasteiger partial charge in [-0.1, -0.05) is 6.92 Å². The number of hydrogen-bond donors (Lipinski definition) is 3. The van der Waals surface area contributed by atoms with Crippen LogP contribution in [0.1, 0.15) is 25.1 Å². The number of hydrogen-bond acceptors (Lipinski definition) is 5. The van der Waals surface area contributed by atoms with Crippen LogP contribution in [0.5, 0.6) is 0 Å². The number of sulfonamides is 1. The van der Waals surface area contributed by atoms with E-state index in [4.69, 9.17) is 4.74 Å². The molecule has 0 atom stereocenters. The van der Waals surface area contributed by atoms with Crippen molar-refractivity contribution in [3.8, 4) is 0 Å². The van der Waals surface area contributed by atoms with Gasteiger partial charge in [0.05, 0.1) is 6.61 Å². The molecule has 0 saturated carbocycles. The molecule has 19 heavy (non-hydrogen) atoms. The van der Waals surface area contributed by atoms with Gasteiger partial charge in [0.1, 0.15) is 0 Å². The van der Waals surface area contributed by atoms with Crippen LogP contribution in [0, 0.1) is 6.92 Å². The van der Waals surface area contributed by atoms with Gasteiger partial charge in [-0.25, -0.2) is 13.1 Å². The number of aromatic amines is 1. The van der Waals surface area contributed by atoms with Crippen molar-refractivity contribution in [3.63, 3.8) is 0 Å². The molecular weight excluding hydrogens is 268 g/mol. The van der Waals surface area contributed by atoms with E-state index in [2.05, 4.69) is 20.2 Å². The number of aryl methyl sites for hydroxylation is 1. The summed E-state index contributed by atoms with van der Waals surface area (Å²) in [6.45, 7) is 8.02. The van der Waals surface area contributed by atoms with Crippen molar-refractivity contribution in [1.82, 2.24) is 20.2 Å². The summed E-state index contributed by atoms with van der Waals surface area (Å²) < 4.78 is 31.8. The van der Waals surface area contributed by atoms with E-state index in [0.717, 1.165) is 12.2 Å². The van der Waals surface area contributed by atoms with Crippen LogP contribution >= 0.6 is 0 Å². The van der Waals surface area contributed by atoms with E-state index in [1.54, 1.807) is 6.92 Å². The lowest BCUT2D eigenvalue weighted by Crippen LogP contribution is -2.29. The van der Waals surface area contributed by atoms with Crippen molar-refractivity contribution in [3.05, 3.63) is 11.3 Å². The second-order valence-electron chi connectivity index (χ2n) is 4.01. The minimum absolute atomic E-state index is 0.0578. The summed E-state index contributed by atoms with van der Waals surface area (Å²) in [7, 11) is -3.59. The third kappa shape index (κ3) is 4.57. The van der Waals surface area contributed by atoms with E-state index in [0.29, 0.717) is 25.3 Å². The molecule has 0 aliphatic rings. The second kappa shape index (κ2) is 7.59. The molecule has 0 aliphatic heterocycles. The zero-order valence-electron chi connectivity index (χ0n) is 11.6. The summed E-state index contributed by atoms with van der Waals surface area (Å²) in [5, 5.41) is 9.76. The standard InChI is InChI=1S/C11H22N4O3S/c1-4-12-8-10-9(3)14-15-11(10)19(16,17)13-6-7-18-5-2/h12-13H,4-8H2,1-3H3,(H,14,15). The summed E-state index contributed by atoms with van der Waals surface area (Å²) in [4.78, 5) is 0. The molecule has 0 saturated heterocycles. The van der Waals surface area contributed by atoms with Gasteiger partial charge in [0, 0.05) is 31.0 Å². The monoisotopic (exact) mass is 290 g/mol. The average molecular weight is 290 g/mol. The van der Waals surface area contributed by atoms with Gasteiger partial charge in [-0.2, -0.15) is 5.10 Å². The molecule has 1 aromatic rings. The van der Waals surface area contributed by atoms with Crippen molar-refractivity contribution < 1.29 is 13.2 Å². The smallest absolute Gasteiger partial charge is 0.260 e. The Bertz CT molecular complexity index is 484. The van der Waals surface area contributed by atoms with Crippen LogP contribution in [-0.2, 0) is 21.3 Å². The van der Waals surface area contributed by atoms with E-state index >= 15 is 0 Å². The van der Waals surface area contributed by atoms with Gasteiger partial charge in [-0.05, 0) is 20.4 Å². The minimum atomic E-state index is -3.59. The van der Waals surface area contributed by atoms with E-state index < -0.39 is 10.0 Å². The first-order valence-electron chi connectivity index (χ1n) is 6.34. The van der Waals surface area contributed by atoms with Gasteiger partial charge in [0.25, 0.3) is 10.0 Å². The van der Waals surface area contributed by atoms with Gasteiger partial charge in [-0.15, -0.1) is 0 Å². The third-order valence-corrected chi connectivity index (χ3v) is 4.02. The predicted octanol–water partition coefficient (Wildman–Crippen LogP) is 0.142. The fraction of sp³-hybridized carbons (Fsp3) is 0.727. The molecule has 1 heterocycles. The highest BCUT2D eigenvalue weighted by atomic mass is 32.2. The molecule has 0 fully saturated rings. The molecule has 0 bridgehead atoms. The highest BCUT2D eigenvalue weighted by molar-refractivity contribution is 7.89. The Labute approximate surface area is 114 Å². The second-order valence-corrected chi connectivity index (χ2v) is 5.69. The van der Waals surface area contributed by atoms with Crippen LogP contribution in [0.15, 0.2) is 5.03 Å². The summed E-state index contributed by atoms with van der Waals surface area (Å²) in [6, 6.07) is 0. The Kier molecular flexibility index (Phi) is 6.43. The predicted molar refractivity (Wildman–Crippen MR) is 72.4 cm³/mol. The summed E-state index contributed by atoms with van der Waals surface area (Å²) >= 11 is 0. The van der Waals surface area contributed by atoms with Crippen molar-refractivity contribution >= 4 is 10.0 Å². The van der Waals surface area contributed by atoms with E-state index in [1.807, 2.05) is 13.8 Å². The maximum Gasteiger partial charge on any atom is 0.260 e. The maximum absolute atomic E-state index is 12.1. The first-order chi connectivity index (χ1) is 9.03. The molecular formula is C11H22N4O3S. The summed E-state index contributed by atoms with van der Waals surface area (Å²) in [5.41, 5.74) is 1.43. The van der Waals surface area contributed by atoms with Crippen LogP contribution in [0.2, 0.25) is 0 Å². The number of ether oxygens (including phenoxy) is 1. The normalized spacial score (nSPS) is 11.9. The fourth-order valence-corrected chi connectivity index (χ4v) is 2.78. The zero-order valence-corrected chi connectivity index (χ0v) is 12.4. The number of nitrogens with one attached hydrogen (secondary N) is 3. The SMILES string of the molecule is CCNCc1c(S(=O)(=O)NCCOCC)n[nH]c1C. The molecule has 3 N–H and O–H groups in total. The van der Waals surface area contributed by atoms with Gasteiger partial charge in [-0.3, -0.25) is 5.10 Å². The molecule has 110 valence electrons. The zero-order chi connectivity index (χ0) is 14.3. The molecule has 8 heteroatoms. The van der Waals surface area contributed by atoms with E-state index in [-0.39, 0.29) is 11.6 Å². The van der Waals surface area contributed by atoms with Gasteiger partial charge < -0.3 is 10.1 Å². The number of nitrogens with zero attached hydrogens (tertiary/aromatic N) is 1. The number of aromatic nitrogens is 2. The van der Waals surface area contributed by atoms with Crippen LogP contribution in [0.25, 0.3) is 0 Å². The van der Waals surface area contributed by atoms with Crippen molar-refractivity contribution in [2.24, 2.45) is 0 Å². The Morgan fingerprint density at radius 3 is 2.74 bits per heavy atom. The third-order valence-electron chi connectivity index (χ3n) is 2.58.